The Hall–Kier alpha value is -2.20. The average molecular weight is 272 g/mol. The van der Waals surface area contributed by atoms with E-state index in [0.717, 1.165) is 16.5 Å². The summed E-state index contributed by atoms with van der Waals surface area (Å²) < 4.78 is 5.72. The van der Waals surface area contributed by atoms with Crippen LogP contribution < -0.4 is 4.74 Å². The van der Waals surface area contributed by atoms with Gasteiger partial charge in [0.25, 0.3) is 0 Å². The number of hydrogen-bond donors (Lipinski definition) is 0. The van der Waals surface area contributed by atoms with E-state index in [2.05, 4.69) is 15.0 Å². The van der Waals surface area contributed by atoms with Gasteiger partial charge >= 0.3 is 0 Å². The Labute approximate surface area is 115 Å². The van der Waals surface area contributed by atoms with Gasteiger partial charge in [-0.2, -0.15) is 4.98 Å². The van der Waals surface area contributed by atoms with Gasteiger partial charge < -0.3 is 4.74 Å². The molecule has 0 N–H and O–H groups in total. The molecule has 4 nitrogen and oxygen atoms in total. The molecule has 0 aliphatic heterocycles. The van der Waals surface area contributed by atoms with Crippen molar-refractivity contribution in [1.82, 2.24) is 15.0 Å². The van der Waals surface area contributed by atoms with Gasteiger partial charge in [0.2, 0.25) is 11.2 Å². The molecule has 0 spiro atoms. The Morgan fingerprint density at radius 2 is 2.05 bits per heavy atom. The van der Waals surface area contributed by atoms with E-state index in [9.17, 15) is 0 Å². The minimum absolute atomic E-state index is 0.166. The predicted molar refractivity (Wildman–Crippen MR) is 73.6 cm³/mol. The summed E-state index contributed by atoms with van der Waals surface area (Å²) >= 11 is 5.76. The van der Waals surface area contributed by atoms with Crippen molar-refractivity contribution < 1.29 is 4.74 Å². The molecule has 0 radical (unpaired) electrons. The van der Waals surface area contributed by atoms with Gasteiger partial charge in [-0.25, -0.2) is 4.98 Å². The monoisotopic (exact) mass is 271 g/mol. The number of hydrogen-bond acceptors (Lipinski definition) is 4. The largest absolute Gasteiger partial charge is 0.439 e. The van der Waals surface area contributed by atoms with Crippen molar-refractivity contribution in [2.24, 2.45) is 0 Å². The van der Waals surface area contributed by atoms with E-state index in [-0.39, 0.29) is 5.28 Å². The third-order valence-corrected chi connectivity index (χ3v) is 2.87. The molecule has 5 heteroatoms. The summed E-state index contributed by atoms with van der Waals surface area (Å²) in [4.78, 5) is 12.2. The number of benzene rings is 1. The lowest BCUT2D eigenvalue weighted by Crippen LogP contribution is -1.93. The van der Waals surface area contributed by atoms with Crippen molar-refractivity contribution in [1.29, 1.82) is 0 Å². The third kappa shape index (κ3) is 2.48. The first-order valence-corrected chi connectivity index (χ1v) is 6.12. The number of ether oxygens (including phenoxy) is 1. The lowest BCUT2D eigenvalue weighted by atomic mass is 10.2. The number of aryl methyl sites for hydroxylation is 1. The highest BCUT2D eigenvalue weighted by Crippen LogP contribution is 2.25. The van der Waals surface area contributed by atoms with Crippen molar-refractivity contribution in [3.05, 3.63) is 53.6 Å². The van der Waals surface area contributed by atoms with Crippen molar-refractivity contribution in [2.75, 3.05) is 0 Å². The zero-order chi connectivity index (χ0) is 13.2. The summed E-state index contributed by atoms with van der Waals surface area (Å²) in [6.45, 7) is 1.87. The van der Waals surface area contributed by atoms with Crippen LogP contribution in [-0.2, 0) is 0 Å². The highest BCUT2D eigenvalue weighted by molar-refractivity contribution is 6.28. The fourth-order valence-electron chi connectivity index (χ4n) is 1.73. The quantitative estimate of drug-likeness (QED) is 0.666. The van der Waals surface area contributed by atoms with E-state index in [0.29, 0.717) is 11.6 Å². The highest BCUT2D eigenvalue weighted by Gasteiger charge is 2.06. The van der Waals surface area contributed by atoms with E-state index in [1.165, 1.54) is 0 Å². The first kappa shape index (κ1) is 11.9. The average Bonchev–Trinajstić information content (AvgIpc) is 2.43. The molecule has 3 rings (SSSR count). The third-order valence-electron chi connectivity index (χ3n) is 2.69. The summed E-state index contributed by atoms with van der Waals surface area (Å²) in [5, 5.41) is 1.23. The smallest absolute Gasteiger partial charge is 0.226 e. The number of fused-ring (bicyclic) bond motifs is 1. The molecule has 0 atom stereocenters. The topological polar surface area (TPSA) is 47.9 Å². The van der Waals surface area contributed by atoms with Crippen molar-refractivity contribution in [3.8, 4) is 11.6 Å². The summed E-state index contributed by atoms with van der Waals surface area (Å²) in [5.41, 5.74) is 1.70. The second-order valence-electron chi connectivity index (χ2n) is 4.09. The number of pyridine rings is 1. The lowest BCUT2D eigenvalue weighted by Gasteiger charge is -2.07. The van der Waals surface area contributed by atoms with Crippen LogP contribution in [0.4, 0.5) is 0 Å². The zero-order valence-electron chi connectivity index (χ0n) is 10.2. The van der Waals surface area contributed by atoms with Crippen LogP contribution in [0.25, 0.3) is 10.9 Å². The molecule has 1 aromatic carbocycles. The molecule has 0 fully saturated rings. The van der Waals surface area contributed by atoms with Gasteiger partial charge in [-0.15, -0.1) is 0 Å². The predicted octanol–water partition coefficient (Wildman–Crippen LogP) is 3.78. The standard InChI is InChI=1S/C14H10ClN3O/c1-9-8-17-14(15)18-13(9)19-11-5-4-10-3-2-6-16-12(10)7-11/h2-8H,1H3. The molecular formula is C14H10ClN3O. The van der Waals surface area contributed by atoms with Gasteiger partial charge in [-0.3, -0.25) is 4.98 Å². The number of nitrogens with zero attached hydrogens (tertiary/aromatic N) is 3. The summed E-state index contributed by atoms with van der Waals surface area (Å²) in [7, 11) is 0. The molecule has 2 heterocycles. The Kier molecular flexibility index (Phi) is 3.01. The molecule has 0 amide bonds. The lowest BCUT2D eigenvalue weighted by molar-refractivity contribution is 0.458. The van der Waals surface area contributed by atoms with E-state index < -0.39 is 0 Å². The molecule has 94 valence electrons. The van der Waals surface area contributed by atoms with Crippen LogP contribution >= 0.6 is 11.6 Å². The van der Waals surface area contributed by atoms with E-state index in [4.69, 9.17) is 16.3 Å². The van der Waals surface area contributed by atoms with Crippen LogP contribution in [0.5, 0.6) is 11.6 Å². The normalized spacial score (nSPS) is 10.6. The Morgan fingerprint density at radius 1 is 1.16 bits per heavy atom. The Balaban J connectivity index is 1.98. The molecule has 2 aromatic heterocycles. The zero-order valence-corrected chi connectivity index (χ0v) is 10.9. The van der Waals surface area contributed by atoms with Gasteiger partial charge in [0.1, 0.15) is 5.75 Å². The van der Waals surface area contributed by atoms with Crippen molar-refractivity contribution in [3.63, 3.8) is 0 Å². The molecule has 0 aliphatic rings. The maximum atomic E-state index is 5.76. The van der Waals surface area contributed by atoms with E-state index in [1.54, 1.807) is 12.4 Å². The first-order valence-electron chi connectivity index (χ1n) is 5.74. The fraction of sp³-hybridized carbons (Fsp3) is 0.0714. The van der Waals surface area contributed by atoms with Gasteiger partial charge in [0.15, 0.2) is 0 Å². The van der Waals surface area contributed by atoms with Crippen LogP contribution in [-0.4, -0.2) is 15.0 Å². The van der Waals surface area contributed by atoms with Gasteiger partial charge in [0.05, 0.1) is 5.52 Å². The van der Waals surface area contributed by atoms with Crippen LogP contribution in [0.15, 0.2) is 42.7 Å². The van der Waals surface area contributed by atoms with Crippen LogP contribution in [0.1, 0.15) is 5.56 Å². The maximum absolute atomic E-state index is 5.76. The second-order valence-corrected chi connectivity index (χ2v) is 4.43. The van der Waals surface area contributed by atoms with E-state index >= 15 is 0 Å². The number of aromatic nitrogens is 3. The van der Waals surface area contributed by atoms with Gasteiger partial charge in [-0.05, 0) is 36.7 Å². The van der Waals surface area contributed by atoms with Crippen molar-refractivity contribution in [2.45, 2.75) is 6.92 Å². The summed E-state index contributed by atoms with van der Waals surface area (Å²) in [5.74, 6) is 1.12. The first-order chi connectivity index (χ1) is 9.22. The van der Waals surface area contributed by atoms with Crippen LogP contribution in [0, 0.1) is 6.92 Å². The maximum Gasteiger partial charge on any atom is 0.226 e. The molecular weight excluding hydrogens is 262 g/mol. The van der Waals surface area contributed by atoms with Gasteiger partial charge in [0, 0.05) is 29.4 Å². The Bertz CT molecular complexity index is 746. The molecule has 0 bridgehead atoms. The summed E-state index contributed by atoms with van der Waals surface area (Å²) in [6.07, 6.45) is 3.38. The molecule has 0 saturated carbocycles. The highest BCUT2D eigenvalue weighted by atomic mass is 35.5. The molecule has 0 aliphatic carbocycles. The number of rotatable bonds is 2. The van der Waals surface area contributed by atoms with E-state index in [1.807, 2.05) is 37.3 Å². The minimum Gasteiger partial charge on any atom is -0.439 e. The van der Waals surface area contributed by atoms with Crippen LogP contribution in [0.2, 0.25) is 5.28 Å². The van der Waals surface area contributed by atoms with Gasteiger partial charge in [-0.1, -0.05) is 6.07 Å². The molecule has 0 saturated heterocycles. The molecule has 3 aromatic rings. The number of halogens is 1. The second kappa shape index (κ2) is 4.82. The van der Waals surface area contributed by atoms with Crippen LogP contribution in [0.3, 0.4) is 0 Å². The Morgan fingerprint density at radius 3 is 2.95 bits per heavy atom. The van der Waals surface area contributed by atoms with Crippen molar-refractivity contribution >= 4 is 22.5 Å². The summed E-state index contributed by atoms with van der Waals surface area (Å²) in [6, 6.07) is 9.59. The molecule has 0 unspecified atom stereocenters. The SMILES string of the molecule is Cc1cnc(Cl)nc1Oc1ccc2cccnc2c1. The molecule has 19 heavy (non-hydrogen) atoms. The fourth-order valence-corrected chi connectivity index (χ4v) is 1.86. The minimum atomic E-state index is 0.166.